The standard InChI is InChI=1S/C13H18N2O3/c14-8-11-7-10(4-5-15-11)13(16)18-9-12-3-1-2-6-17-12/h4-5,7,12H,1-3,6,8-9,14H2. The molecule has 1 aliphatic rings. The largest absolute Gasteiger partial charge is 0.459 e. The van der Waals surface area contributed by atoms with Gasteiger partial charge in [-0.05, 0) is 31.4 Å². The number of nitrogens with two attached hydrogens (primary N) is 1. The van der Waals surface area contributed by atoms with Gasteiger partial charge in [-0.25, -0.2) is 4.79 Å². The molecule has 1 unspecified atom stereocenters. The molecular formula is C13H18N2O3. The molecule has 2 N–H and O–H groups in total. The number of carbonyl (C=O) groups excluding carboxylic acids is 1. The van der Waals surface area contributed by atoms with Crippen LogP contribution in [0.2, 0.25) is 0 Å². The highest BCUT2D eigenvalue weighted by Gasteiger charge is 2.16. The predicted molar refractivity (Wildman–Crippen MR) is 66.0 cm³/mol. The van der Waals surface area contributed by atoms with Gasteiger partial charge in [0, 0.05) is 19.3 Å². The quantitative estimate of drug-likeness (QED) is 0.814. The highest BCUT2D eigenvalue weighted by Crippen LogP contribution is 2.13. The van der Waals surface area contributed by atoms with Gasteiger partial charge in [-0.3, -0.25) is 4.98 Å². The molecule has 1 fully saturated rings. The van der Waals surface area contributed by atoms with Gasteiger partial charge in [0.05, 0.1) is 17.4 Å². The van der Waals surface area contributed by atoms with E-state index in [9.17, 15) is 4.79 Å². The van der Waals surface area contributed by atoms with Crippen LogP contribution < -0.4 is 5.73 Å². The van der Waals surface area contributed by atoms with Crippen molar-refractivity contribution < 1.29 is 14.3 Å². The molecule has 0 radical (unpaired) electrons. The molecule has 1 atom stereocenters. The minimum Gasteiger partial charge on any atom is -0.459 e. The molecule has 1 saturated heterocycles. The number of pyridine rings is 1. The lowest BCUT2D eigenvalue weighted by atomic mass is 10.1. The summed E-state index contributed by atoms with van der Waals surface area (Å²) in [4.78, 5) is 15.8. The van der Waals surface area contributed by atoms with Gasteiger partial charge in [-0.2, -0.15) is 0 Å². The van der Waals surface area contributed by atoms with Crippen LogP contribution in [0.15, 0.2) is 18.3 Å². The van der Waals surface area contributed by atoms with Crippen molar-refractivity contribution in [1.82, 2.24) is 4.98 Å². The second-order valence-electron chi connectivity index (χ2n) is 4.33. The van der Waals surface area contributed by atoms with E-state index in [0.29, 0.717) is 24.4 Å². The molecule has 0 amide bonds. The van der Waals surface area contributed by atoms with Gasteiger partial charge in [0.15, 0.2) is 0 Å². The minimum atomic E-state index is -0.346. The summed E-state index contributed by atoms with van der Waals surface area (Å²) in [6.45, 7) is 1.39. The number of esters is 1. The molecule has 0 spiro atoms. The smallest absolute Gasteiger partial charge is 0.338 e. The first kappa shape index (κ1) is 13.0. The fourth-order valence-electron chi connectivity index (χ4n) is 1.91. The van der Waals surface area contributed by atoms with Gasteiger partial charge in [-0.1, -0.05) is 0 Å². The van der Waals surface area contributed by atoms with Crippen LogP contribution in [0, 0.1) is 0 Å². The molecule has 2 rings (SSSR count). The number of carbonyl (C=O) groups is 1. The number of ether oxygens (including phenoxy) is 2. The number of aromatic nitrogens is 1. The molecule has 5 nitrogen and oxygen atoms in total. The molecule has 2 heterocycles. The number of hydrogen-bond donors (Lipinski definition) is 1. The third-order valence-corrected chi connectivity index (χ3v) is 2.94. The summed E-state index contributed by atoms with van der Waals surface area (Å²) in [5.74, 6) is -0.346. The summed E-state index contributed by atoms with van der Waals surface area (Å²) in [7, 11) is 0. The zero-order valence-electron chi connectivity index (χ0n) is 10.3. The summed E-state index contributed by atoms with van der Waals surface area (Å²) in [5.41, 5.74) is 6.64. The second-order valence-corrected chi connectivity index (χ2v) is 4.33. The van der Waals surface area contributed by atoms with E-state index in [1.54, 1.807) is 18.3 Å². The lowest BCUT2D eigenvalue weighted by molar-refractivity contribution is -0.0300. The Morgan fingerprint density at radius 1 is 1.56 bits per heavy atom. The van der Waals surface area contributed by atoms with Crippen molar-refractivity contribution in [2.24, 2.45) is 5.73 Å². The van der Waals surface area contributed by atoms with Crippen LogP contribution in [0.5, 0.6) is 0 Å². The van der Waals surface area contributed by atoms with Crippen LogP contribution in [-0.4, -0.2) is 30.3 Å². The maximum atomic E-state index is 11.8. The van der Waals surface area contributed by atoms with Gasteiger partial charge in [0.25, 0.3) is 0 Å². The number of nitrogens with zero attached hydrogens (tertiary/aromatic N) is 1. The molecule has 1 aromatic rings. The van der Waals surface area contributed by atoms with Crippen LogP contribution >= 0.6 is 0 Å². The van der Waals surface area contributed by atoms with E-state index in [0.717, 1.165) is 25.9 Å². The zero-order chi connectivity index (χ0) is 12.8. The highest BCUT2D eigenvalue weighted by molar-refractivity contribution is 5.89. The summed E-state index contributed by atoms with van der Waals surface area (Å²) in [6.07, 6.45) is 4.79. The Labute approximate surface area is 106 Å². The van der Waals surface area contributed by atoms with Crippen LogP contribution in [-0.2, 0) is 16.0 Å². The Bertz CT molecular complexity index is 403. The molecule has 0 aromatic carbocycles. The first-order valence-electron chi connectivity index (χ1n) is 6.23. The summed E-state index contributed by atoms with van der Waals surface area (Å²) in [5, 5.41) is 0. The van der Waals surface area contributed by atoms with E-state index in [-0.39, 0.29) is 12.1 Å². The zero-order valence-corrected chi connectivity index (χ0v) is 10.3. The molecule has 0 saturated carbocycles. The fraction of sp³-hybridized carbons (Fsp3) is 0.538. The van der Waals surface area contributed by atoms with Crippen LogP contribution in [0.1, 0.15) is 35.3 Å². The third kappa shape index (κ3) is 3.51. The van der Waals surface area contributed by atoms with Crippen LogP contribution in [0.3, 0.4) is 0 Å². The molecule has 1 aromatic heterocycles. The predicted octanol–water partition coefficient (Wildman–Crippen LogP) is 1.27. The fourth-order valence-corrected chi connectivity index (χ4v) is 1.91. The average molecular weight is 250 g/mol. The Morgan fingerprint density at radius 2 is 2.44 bits per heavy atom. The molecule has 5 heteroatoms. The molecule has 1 aliphatic heterocycles. The Hall–Kier alpha value is -1.46. The first-order valence-corrected chi connectivity index (χ1v) is 6.23. The van der Waals surface area contributed by atoms with Crippen molar-refractivity contribution >= 4 is 5.97 Å². The van der Waals surface area contributed by atoms with Crippen molar-refractivity contribution in [1.29, 1.82) is 0 Å². The van der Waals surface area contributed by atoms with E-state index in [4.69, 9.17) is 15.2 Å². The van der Waals surface area contributed by atoms with E-state index in [2.05, 4.69) is 4.98 Å². The first-order chi connectivity index (χ1) is 8.79. The molecular weight excluding hydrogens is 232 g/mol. The van der Waals surface area contributed by atoms with Crippen molar-refractivity contribution in [2.75, 3.05) is 13.2 Å². The maximum Gasteiger partial charge on any atom is 0.338 e. The summed E-state index contributed by atoms with van der Waals surface area (Å²) in [6, 6.07) is 3.29. The van der Waals surface area contributed by atoms with Gasteiger partial charge < -0.3 is 15.2 Å². The average Bonchev–Trinajstić information content (AvgIpc) is 2.46. The molecule has 0 bridgehead atoms. The van der Waals surface area contributed by atoms with Crippen molar-refractivity contribution in [3.63, 3.8) is 0 Å². The SMILES string of the molecule is NCc1cc(C(=O)OCC2CCCCO2)ccn1. The monoisotopic (exact) mass is 250 g/mol. The normalized spacial score (nSPS) is 19.5. The highest BCUT2D eigenvalue weighted by atomic mass is 16.6. The van der Waals surface area contributed by atoms with Gasteiger partial charge in [-0.15, -0.1) is 0 Å². The number of rotatable bonds is 4. The third-order valence-electron chi connectivity index (χ3n) is 2.94. The lowest BCUT2D eigenvalue weighted by Crippen LogP contribution is -2.26. The van der Waals surface area contributed by atoms with Crippen molar-refractivity contribution in [3.8, 4) is 0 Å². The Kier molecular flexibility index (Phi) is 4.66. The van der Waals surface area contributed by atoms with Crippen molar-refractivity contribution in [2.45, 2.75) is 31.9 Å². The van der Waals surface area contributed by atoms with E-state index in [1.807, 2.05) is 0 Å². The lowest BCUT2D eigenvalue weighted by Gasteiger charge is -2.22. The van der Waals surface area contributed by atoms with Crippen molar-refractivity contribution in [3.05, 3.63) is 29.6 Å². The molecule has 18 heavy (non-hydrogen) atoms. The Morgan fingerprint density at radius 3 is 3.17 bits per heavy atom. The van der Waals surface area contributed by atoms with E-state index >= 15 is 0 Å². The topological polar surface area (TPSA) is 74.4 Å². The summed E-state index contributed by atoms with van der Waals surface area (Å²) >= 11 is 0. The van der Waals surface area contributed by atoms with Gasteiger partial charge >= 0.3 is 5.97 Å². The van der Waals surface area contributed by atoms with Gasteiger partial charge in [0.2, 0.25) is 0 Å². The Balaban J connectivity index is 1.86. The summed E-state index contributed by atoms with van der Waals surface area (Å²) < 4.78 is 10.7. The number of hydrogen-bond acceptors (Lipinski definition) is 5. The van der Waals surface area contributed by atoms with E-state index in [1.165, 1.54) is 0 Å². The van der Waals surface area contributed by atoms with Gasteiger partial charge in [0.1, 0.15) is 6.61 Å². The van der Waals surface area contributed by atoms with Crippen LogP contribution in [0.25, 0.3) is 0 Å². The maximum absolute atomic E-state index is 11.8. The molecule has 0 aliphatic carbocycles. The van der Waals surface area contributed by atoms with Crippen LogP contribution in [0.4, 0.5) is 0 Å². The van der Waals surface area contributed by atoms with E-state index < -0.39 is 0 Å². The second kappa shape index (κ2) is 6.47. The molecule has 98 valence electrons. The minimum absolute atomic E-state index is 0.0403.